The smallest absolute Gasteiger partial charge is 0.410 e. The number of halogens is 1. The van der Waals surface area contributed by atoms with Crippen molar-refractivity contribution in [2.75, 3.05) is 13.1 Å². The number of amides is 2. The zero-order valence-electron chi connectivity index (χ0n) is 23.4. The van der Waals surface area contributed by atoms with E-state index in [9.17, 15) is 9.59 Å². The van der Waals surface area contributed by atoms with E-state index in [0.29, 0.717) is 43.2 Å². The van der Waals surface area contributed by atoms with E-state index in [-0.39, 0.29) is 18.0 Å². The molecule has 2 amide bonds. The van der Waals surface area contributed by atoms with Gasteiger partial charge in [-0.3, -0.25) is 9.48 Å². The number of carbonyl (C=O) groups is 2. The highest BCUT2D eigenvalue weighted by molar-refractivity contribution is 6.31. The van der Waals surface area contributed by atoms with E-state index in [1.807, 2.05) is 56.0 Å². The summed E-state index contributed by atoms with van der Waals surface area (Å²) < 4.78 is 7.49. The molecule has 0 radical (unpaired) electrons. The molecule has 2 fully saturated rings. The molecular formula is C30H37ClN6O3. The molecule has 0 unspecified atom stereocenters. The zero-order valence-corrected chi connectivity index (χ0v) is 24.2. The lowest BCUT2D eigenvalue weighted by Crippen LogP contribution is -2.42. The van der Waals surface area contributed by atoms with Gasteiger partial charge >= 0.3 is 6.09 Å². The average Bonchev–Trinajstić information content (AvgIpc) is 3.61. The van der Waals surface area contributed by atoms with Gasteiger partial charge in [-0.2, -0.15) is 5.10 Å². The Hall–Kier alpha value is -3.46. The molecule has 5 rings (SSSR count). The van der Waals surface area contributed by atoms with E-state index < -0.39 is 11.0 Å². The largest absolute Gasteiger partial charge is 0.444 e. The van der Waals surface area contributed by atoms with Crippen LogP contribution in [0.5, 0.6) is 0 Å². The van der Waals surface area contributed by atoms with Crippen molar-refractivity contribution in [3.8, 4) is 0 Å². The molecule has 0 atom stereocenters. The molecule has 2 aromatic heterocycles. The molecule has 2 aliphatic rings. The fraction of sp³-hybridized carbons (Fsp3) is 0.500. The minimum absolute atomic E-state index is 0.226. The first-order chi connectivity index (χ1) is 19.0. The number of ether oxygens (including phenoxy) is 1. The molecule has 1 aliphatic carbocycles. The molecule has 40 heavy (non-hydrogen) atoms. The van der Waals surface area contributed by atoms with Gasteiger partial charge in [-0.25, -0.2) is 14.8 Å². The highest BCUT2D eigenvalue weighted by Crippen LogP contribution is 2.49. The van der Waals surface area contributed by atoms with Crippen molar-refractivity contribution in [3.05, 3.63) is 76.1 Å². The van der Waals surface area contributed by atoms with Gasteiger partial charge in [0.05, 0.1) is 28.4 Å². The van der Waals surface area contributed by atoms with E-state index >= 15 is 0 Å². The third-order valence-corrected chi connectivity index (χ3v) is 8.08. The summed E-state index contributed by atoms with van der Waals surface area (Å²) in [6.45, 7) is 6.92. The molecule has 1 saturated heterocycles. The number of hydrogen-bond donors (Lipinski definition) is 1. The van der Waals surface area contributed by atoms with Crippen LogP contribution in [-0.4, -0.2) is 55.3 Å². The number of piperidine rings is 1. The van der Waals surface area contributed by atoms with Crippen molar-refractivity contribution in [2.45, 2.75) is 82.8 Å². The first-order valence-electron chi connectivity index (χ1n) is 13.9. The van der Waals surface area contributed by atoms with Gasteiger partial charge in [-0.05, 0) is 76.0 Å². The standard InChI is InChI=1S/C30H37ClN6O3/c1-29(2,3)40-28(39)36-14-10-22(11-15-36)37-19-20(17-34-37)16-26-33-18-24(31)25(35-26)9-8-21-6-4-5-7-23(21)30(12-13-30)27(32)38/h4-7,17-19,22H,8-16H2,1-3H3,(H2,32,38). The van der Waals surface area contributed by atoms with E-state index in [4.69, 9.17) is 27.1 Å². The predicted octanol–water partition coefficient (Wildman–Crippen LogP) is 4.79. The Bertz CT molecular complexity index is 1390. The Morgan fingerprint density at radius 2 is 1.85 bits per heavy atom. The van der Waals surface area contributed by atoms with Crippen molar-refractivity contribution >= 4 is 23.6 Å². The van der Waals surface area contributed by atoms with Gasteiger partial charge in [-0.15, -0.1) is 0 Å². The van der Waals surface area contributed by atoms with Crippen LogP contribution >= 0.6 is 11.6 Å². The summed E-state index contributed by atoms with van der Waals surface area (Å²) in [5.74, 6) is 0.430. The van der Waals surface area contributed by atoms with E-state index in [0.717, 1.165) is 48.1 Å². The Morgan fingerprint density at radius 1 is 1.12 bits per heavy atom. The Balaban J connectivity index is 1.20. The highest BCUT2D eigenvalue weighted by atomic mass is 35.5. The van der Waals surface area contributed by atoms with Crippen molar-refractivity contribution < 1.29 is 14.3 Å². The Morgan fingerprint density at radius 3 is 2.52 bits per heavy atom. The van der Waals surface area contributed by atoms with Crippen LogP contribution < -0.4 is 5.73 Å². The predicted molar refractivity (Wildman–Crippen MR) is 152 cm³/mol. The molecule has 212 valence electrons. The van der Waals surface area contributed by atoms with Crippen molar-refractivity contribution in [3.63, 3.8) is 0 Å². The first-order valence-corrected chi connectivity index (χ1v) is 14.3. The van der Waals surface area contributed by atoms with Gasteiger partial charge in [0.15, 0.2) is 0 Å². The van der Waals surface area contributed by atoms with Crippen LogP contribution in [0.25, 0.3) is 0 Å². The number of nitrogens with two attached hydrogens (primary N) is 1. The second-order valence-electron chi connectivity index (χ2n) is 11.9. The van der Waals surface area contributed by atoms with Gasteiger partial charge < -0.3 is 15.4 Å². The number of aryl methyl sites for hydroxylation is 2. The summed E-state index contributed by atoms with van der Waals surface area (Å²) in [4.78, 5) is 35.5. The number of hydrogen-bond acceptors (Lipinski definition) is 6. The molecule has 2 N–H and O–H groups in total. The summed E-state index contributed by atoms with van der Waals surface area (Å²) in [6, 6.07) is 8.24. The van der Waals surface area contributed by atoms with Crippen LogP contribution in [0.3, 0.4) is 0 Å². The number of nitrogens with zero attached hydrogens (tertiary/aromatic N) is 5. The number of likely N-dealkylation sites (tertiary alicyclic amines) is 1. The van der Waals surface area contributed by atoms with Crippen LogP contribution in [0.4, 0.5) is 4.79 Å². The minimum Gasteiger partial charge on any atom is -0.444 e. The molecule has 10 heteroatoms. The highest BCUT2D eigenvalue weighted by Gasteiger charge is 2.50. The van der Waals surface area contributed by atoms with E-state index in [2.05, 4.69) is 16.1 Å². The van der Waals surface area contributed by atoms with Gasteiger partial charge in [0.2, 0.25) is 5.91 Å². The number of benzene rings is 1. The summed E-state index contributed by atoms with van der Waals surface area (Å²) in [5, 5.41) is 5.13. The normalized spacial score (nSPS) is 17.1. The SMILES string of the molecule is CC(C)(C)OC(=O)N1CCC(n2cc(Cc3ncc(Cl)c(CCc4ccccc4C4(C(N)=O)CC4)n3)cn2)CC1. The molecule has 1 aromatic carbocycles. The van der Waals surface area contributed by atoms with E-state index in [1.54, 1.807) is 11.1 Å². The first kappa shape index (κ1) is 28.1. The van der Waals surface area contributed by atoms with Gasteiger partial charge in [0.1, 0.15) is 11.4 Å². The molecule has 3 heterocycles. The maximum Gasteiger partial charge on any atom is 0.410 e. The maximum absolute atomic E-state index is 12.4. The Labute approximate surface area is 240 Å². The van der Waals surface area contributed by atoms with Crippen LogP contribution in [0, 0.1) is 0 Å². The summed E-state index contributed by atoms with van der Waals surface area (Å²) >= 11 is 6.48. The van der Waals surface area contributed by atoms with Gasteiger partial charge in [0, 0.05) is 31.9 Å². The average molecular weight is 565 g/mol. The molecule has 0 bridgehead atoms. The van der Waals surface area contributed by atoms with Crippen LogP contribution in [-0.2, 0) is 34.2 Å². The lowest BCUT2D eigenvalue weighted by atomic mass is 9.88. The van der Waals surface area contributed by atoms with Crippen molar-refractivity contribution in [1.29, 1.82) is 0 Å². The lowest BCUT2D eigenvalue weighted by Gasteiger charge is -2.33. The number of aromatic nitrogens is 4. The Kier molecular flexibility index (Phi) is 7.86. The fourth-order valence-corrected chi connectivity index (χ4v) is 5.61. The molecular weight excluding hydrogens is 528 g/mol. The summed E-state index contributed by atoms with van der Waals surface area (Å²) in [6.07, 6.45) is 10.4. The van der Waals surface area contributed by atoms with Crippen LogP contribution in [0.2, 0.25) is 5.02 Å². The molecule has 1 aliphatic heterocycles. The minimum atomic E-state index is -0.524. The zero-order chi connectivity index (χ0) is 28.5. The van der Waals surface area contributed by atoms with Crippen molar-refractivity contribution in [2.24, 2.45) is 5.73 Å². The maximum atomic E-state index is 12.4. The summed E-state index contributed by atoms with van der Waals surface area (Å²) in [7, 11) is 0. The molecule has 9 nitrogen and oxygen atoms in total. The monoisotopic (exact) mass is 564 g/mol. The van der Waals surface area contributed by atoms with Gasteiger partial charge in [0.25, 0.3) is 0 Å². The third-order valence-electron chi connectivity index (χ3n) is 7.76. The fourth-order valence-electron chi connectivity index (χ4n) is 5.43. The lowest BCUT2D eigenvalue weighted by molar-refractivity contribution is -0.120. The number of primary amides is 1. The molecule has 1 saturated carbocycles. The topological polar surface area (TPSA) is 116 Å². The molecule has 3 aromatic rings. The van der Waals surface area contributed by atoms with E-state index in [1.165, 1.54) is 0 Å². The van der Waals surface area contributed by atoms with Crippen LogP contribution in [0.15, 0.2) is 42.9 Å². The quantitative estimate of drug-likeness (QED) is 0.420. The number of carbonyl (C=O) groups excluding carboxylic acids is 2. The second kappa shape index (κ2) is 11.2. The third kappa shape index (κ3) is 6.30. The summed E-state index contributed by atoms with van der Waals surface area (Å²) in [5.41, 5.74) is 8.65. The van der Waals surface area contributed by atoms with Gasteiger partial charge in [-0.1, -0.05) is 35.9 Å². The van der Waals surface area contributed by atoms with Crippen molar-refractivity contribution in [1.82, 2.24) is 24.6 Å². The number of rotatable bonds is 8. The molecule has 0 spiro atoms. The second-order valence-corrected chi connectivity index (χ2v) is 12.3. The van der Waals surface area contributed by atoms with Crippen LogP contribution in [0.1, 0.15) is 80.7 Å².